The number of aryl methyl sites for hydroxylation is 2. The number of hydrogen-bond acceptors (Lipinski definition) is 3. The van der Waals surface area contributed by atoms with Gasteiger partial charge in [0, 0.05) is 18.4 Å². The third-order valence-electron chi connectivity index (χ3n) is 2.89. The SMILES string of the molecule is CCCc1nc(CCSCC)c(N)n1C(C)(C)C. The van der Waals surface area contributed by atoms with Crippen molar-refractivity contribution in [3.05, 3.63) is 11.5 Å². The summed E-state index contributed by atoms with van der Waals surface area (Å²) >= 11 is 1.94. The summed E-state index contributed by atoms with van der Waals surface area (Å²) in [5, 5.41) is 0. The van der Waals surface area contributed by atoms with Crippen LogP contribution in [0.2, 0.25) is 0 Å². The molecule has 0 aromatic carbocycles. The molecule has 0 radical (unpaired) electrons. The van der Waals surface area contributed by atoms with Crippen LogP contribution in [-0.2, 0) is 18.4 Å². The third-order valence-corrected chi connectivity index (χ3v) is 3.79. The molecule has 0 aliphatic rings. The molecule has 1 heterocycles. The van der Waals surface area contributed by atoms with Crippen LogP contribution in [0.3, 0.4) is 0 Å². The molecule has 1 aromatic rings. The first-order valence-corrected chi connectivity index (χ1v) is 8.01. The van der Waals surface area contributed by atoms with E-state index < -0.39 is 0 Å². The second kappa shape index (κ2) is 6.50. The van der Waals surface area contributed by atoms with Crippen LogP contribution in [0.1, 0.15) is 52.6 Å². The number of nitrogens with two attached hydrogens (primary N) is 1. The lowest BCUT2D eigenvalue weighted by molar-refractivity contribution is 0.387. The second-order valence-electron chi connectivity index (χ2n) is 5.56. The van der Waals surface area contributed by atoms with Crippen molar-refractivity contribution in [3.63, 3.8) is 0 Å². The molecule has 104 valence electrons. The maximum absolute atomic E-state index is 6.29. The van der Waals surface area contributed by atoms with Crippen molar-refractivity contribution < 1.29 is 0 Å². The van der Waals surface area contributed by atoms with Crippen LogP contribution in [0.15, 0.2) is 0 Å². The van der Waals surface area contributed by atoms with Crippen molar-refractivity contribution in [2.75, 3.05) is 17.2 Å². The van der Waals surface area contributed by atoms with Gasteiger partial charge in [0.25, 0.3) is 0 Å². The van der Waals surface area contributed by atoms with Crippen LogP contribution in [0.4, 0.5) is 5.82 Å². The topological polar surface area (TPSA) is 43.8 Å². The van der Waals surface area contributed by atoms with E-state index in [1.807, 2.05) is 11.8 Å². The molecule has 0 fully saturated rings. The van der Waals surface area contributed by atoms with Crippen molar-refractivity contribution in [3.8, 4) is 0 Å². The van der Waals surface area contributed by atoms with Gasteiger partial charge in [-0.3, -0.25) is 0 Å². The number of aromatic nitrogens is 2. The number of nitrogens with zero attached hydrogens (tertiary/aromatic N) is 2. The Labute approximate surface area is 116 Å². The lowest BCUT2D eigenvalue weighted by atomic mass is 10.1. The molecule has 0 saturated heterocycles. The van der Waals surface area contributed by atoms with Gasteiger partial charge < -0.3 is 10.3 Å². The van der Waals surface area contributed by atoms with Crippen molar-refractivity contribution in [1.29, 1.82) is 0 Å². The van der Waals surface area contributed by atoms with Crippen LogP contribution in [-0.4, -0.2) is 21.1 Å². The molecule has 0 spiro atoms. The molecule has 0 aliphatic carbocycles. The predicted octanol–water partition coefficient (Wildman–Crippen LogP) is 3.47. The first-order valence-electron chi connectivity index (χ1n) is 6.86. The quantitative estimate of drug-likeness (QED) is 0.804. The molecule has 0 unspecified atom stereocenters. The summed E-state index contributed by atoms with van der Waals surface area (Å²) in [7, 11) is 0. The van der Waals surface area contributed by atoms with Gasteiger partial charge in [-0.25, -0.2) is 4.98 Å². The van der Waals surface area contributed by atoms with Gasteiger partial charge in [-0.05, 0) is 38.7 Å². The highest BCUT2D eigenvalue weighted by Gasteiger charge is 2.23. The van der Waals surface area contributed by atoms with E-state index in [0.717, 1.165) is 48.1 Å². The summed E-state index contributed by atoms with van der Waals surface area (Å²) in [6.45, 7) is 10.9. The van der Waals surface area contributed by atoms with E-state index in [4.69, 9.17) is 10.7 Å². The van der Waals surface area contributed by atoms with E-state index in [2.05, 4.69) is 39.2 Å². The van der Waals surface area contributed by atoms with Gasteiger partial charge in [-0.15, -0.1) is 0 Å². The number of imidazole rings is 1. The zero-order chi connectivity index (χ0) is 13.8. The van der Waals surface area contributed by atoms with Crippen LogP contribution >= 0.6 is 11.8 Å². The van der Waals surface area contributed by atoms with Crippen molar-refractivity contribution >= 4 is 17.6 Å². The first kappa shape index (κ1) is 15.4. The molecule has 2 N–H and O–H groups in total. The number of hydrogen-bond donors (Lipinski definition) is 1. The first-order chi connectivity index (χ1) is 8.41. The molecule has 18 heavy (non-hydrogen) atoms. The summed E-state index contributed by atoms with van der Waals surface area (Å²) in [5.74, 6) is 4.26. The smallest absolute Gasteiger partial charge is 0.127 e. The minimum absolute atomic E-state index is 0.0116. The number of nitrogen functional groups attached to an aromatic ring is 1. The molecule has 0 saturated carbocycles. The van der Waals surface area contributed by atoms with Crippen molar-refractivity contribution in [1.82, 2.24) is 9.55 Å². The van der Waals surface area contributed by atoms with E-state index >= 15 is 0 Å². The molecule has 0 aliphatic heterocycles. The van der Waals surface area contributed by atoms with Gasteiger partial charge in [-0.2, -0.15) is 11.8 Å². The molecule has 1 aromatic heterocycles. The maximum Gasteiger partial charge on any atom is 0.127 e. The van der Waals surface area contributed by atoms with Gasteiger partial charge in [0.2, 0.25) is 0 Å². The molecule has 4 heteroatoms. The summed E-state index contributed by atoms with van der Waals surface area (Å²) in [6, 6.07) is 0. The minimum atomic E-state index is 0.0116. The van der Waals surface area contributed by atoms with E-state index in [1.54, 1.807) is 0 Å². The van der Waals surface area contributed by atoms with Crippen LogP contribution in [0.25, 0.3) is 0 Å². The Bertz CT molecular complexity index is 377. The largest absolute Gasteiger partial charge is 0.384 e. The monoisotopic (exact) mass is 269 g/mol. The van der Waals surface area contributed by atoms with Crippen LogP contribution in [0, 0.1) is 0 Å². The van der Waals surface area contributed by atoms with Gasteiger partial charge in [0.1, 0.15) is 11.6 Å². The molecule has 1 rings (SSSR count). The Kier molecular flexibility index (Phi) is 5.57. The van der Waals surface area contributed by atoms with E-state index in [9.17, 15) is 0 Å². The fraction of sp³-hybridized carbons (Fsp3) is 0.786. The standard InChI is InChI=1S/C14H27N3S/c1-6-8-12-16-11(9-10-18-7-2)13(15)17(12)14(3,4)5/h6-10,15H2,1-5H3. The fourth-order valence-corrected chi connectivity index (χ4v) is 2.79. The van der Waals surface area contributed by atoms with Gasteiger partial charge in [0.05, 0.1) is 5.69 Å². The van der Waals surface area contributed by atoms with Gasteiger partial charge in [-0.1, -0.05) is 13.8 Å². The molecular formula is C14H27N3S. The highest BCUT2D eigenvalue weighted by atomic mass is 32.2. The average Bonchev–Trinajstić information content (AvgIpc) is 2.56. The molecule has 0 atom stereocenters. The van der Waals surface area contributed by atoms with Gasteiger partial charge >= 0.3 is 0 Å². The fourth-order valence-electron chi connectivity index (χ4n) is 2.17. The highest BCUT2D eigenvalue weighted by Crippen LogP contribution is 2.26. The summed E-state index contributed by atoms with van der Waals surface area (Å²) < 4.78 is 2.21. The van der Waals surface area contributed by atoms with Gasteiger partial charge in [0.15, 0.2) is 0 Å². The van der Waals surface area contributed by atoms with Crippen LogP contribution in [0.5, 0.6) is 0 Å². The predicted molar refractivity (Wildman–Crippen MR) is 82.3 cm³/mol. The Hall–Kier alpha value is -0.640. The lowest BCUT2D eigenvalue weighted by Gasteiger charge is -2.25. The zero-order valence-corrected chi connectivity index (χ0v) is 13.2. The second-order valence-corrected chi connectivity index (χ2v) is 6.96. The Morgan fingerprint density at radius 2 is 1.89 bits per heavy atom. The third kappa shape index (κ3) is 3.67. The normalized spacial score (nSPS) is 12.1. The zero-order valence-electron chi connectivity index (χ0n) is 12.4. The van der Waals surface area contributed by atoms with E-state index in [0.29, 0.717) is 0 Å². The van der Waals surface area contributed by atoms with E-state index in [-0.39, 0.29) is 5.54 Å². The summed E-state index contributed by atoms with van der Waals surface area (Å²) in [5.41, 5.74) is 7.38. The Balaban J connectivity index is 3.00. The van der Waals surface area contributed by atoms with Crippen LogP contribution < -0.4 is 5.73 Å². The molecular weight excluding hydrogens is 242 g/mol. The summed E-state index contributed by atoms with van der Waals surface area (Å²) in [6.07, 6.45) is 3.09. The molecule has 3 nitrogen and oxygen atoms in total. The lowest BCUT2D eigenvalue weighted by Crippen LogP contribution is -2.25. The molecule has 0 bridgehead atoms. The summed E-state index contributed by atoms with van der Waals surface area (Å²) in [4.78, 5) is 4.76. The Morgan fingerprint density at radius 3 is 2.39 bits per heavy atom. The molecule has 0 amide bonds. The Morgan fingerprint density at radius 1 is 1.22 bits per heavy atom. The number of anilines is 1. The van der Waals surface area contributed by atoms with Crippen molar-refractivity contribution in [2.45, 2.75) is 59.4 Å². The van der Waals surface area contributed by atoms with E-state index in [1.165, 1.54) is 0 Å². The van der Waals surface area contributed by atoms with Crippen molar-refractivity contribution in [2.24, 2.45) is 0 Å². The number of rotatable bonds is 6. The number of thioether (sulfide) groups is 1. The maximum atomic E-state index is 6.29. The highest BCUT2D eigenvalue weighted by molar-refractivity contribution is 7.99. The average molecular weight is 269 g/mol. The minimum Gasteiger partial charge on any atom is -0.384 e.